The van der Waals surface area contributed by atoms with Gasteiger partial charge in [0, 0.05) is 0 Å². The van der Waals surface area contributed by atoms with E-state index in [2.05, 4.69) is 20.0 Å². The molecule has 76 valence electrons. The van der Waals surface area contributed by atoms with Crippen LogP contribution in [0.1, 0.15) is 0 Å². The van der Waals surface area contributed by atoms with Crippen molar-refractivity contribution in [2.45, 2.75) is 0 Å². The van der Waals surface area contributed by atoms with Crippen LogP contribution < -0.4 is 11.1 Å². The summed E-state index contributed by atoms with van der Waals surface area (Å²) in [5.74, 6) is 0.0526. The highest BCUT2D eigenvalue weighted by molar-refractivity contribution is 6.35. The molecule has 0 aromatic carbocycles. The first-order chi connectivity index (χ1) is 6.65. The van der Waals surface area contributed by atoms with Crippen LogP contribution in [0.15, 0.2) is 6.33 Å². The number of hydrogen-bond donors (Lipinski definition) is 2. The molecule has 1 aromatic heterocycles. The minimum Gasteiger partial charge on any atom is -0.468 e. The molecular weight excluding hydrogens is 208 g/mol. The van der Waals surface area contributed by atoms with Crippen LogP contribution in [0.2, 0.25) is 5.02 Å². The molecule has 0 unspecified atom stereocenters. The zero-order valence-electron chi connectivity index (χ0n) is 7.45. The van der Waals surface area contributed by atoms with Gasteiger partial charge in [-0.3, -0.25) is 4.79 Å². The van der Waals surface area contributed by atoms with Crippen molar-refractivity contribution >= 4 is 29.2 Å². The Labute approximate surface area is 85.4 Å². The number of ether oxygens (including phenoxy) is 1. The zero-order chi connectivity index (χ0) is 10.6. The molecule has 0 bridgehead atoms. The first-order valence-electron chi connectivity index (χ1n) is 3.71. The fourth-order valence-corrected chi connectivity index (χ4v) is 0.899. The molecule has 0 saturated carbocycles. The van der Waals surface area contributed by atoms with Crippen molar-refractivity contribution in [3.63, 3.8) is 0 Å². The summed E-state index contributed by atoms with van der Waals surface area (Å²) in [6.45, 7) is -0.0212. The number of anilines is 2. The van der Waals surface area contributed by atoms with E-state index in [0.717, 1.165) is 0 Å². The summed E-state index contributed by atoms with van der Waals surface area (Å²) >= 11 is 5.76. The molecule has 0 saturated heterocycles. The Bertz CT molecular complexity index is 344. The van der Waals surface area contributed by atoms with Gasteiger partial charge in [-0.15, -0.1) is 0 Å². The second-order valence-corrected chi connectivity index (χ2v) is 2.73. The van der Waals surface area contributed by atoms with Gasteiger partial charge in [0.25, 0.3) is 0 Å². The minimum atomic E-state index is -0.418. The third-order valence-electron chi connectivity index (χ3n) is 1.44. The minimum absolute atomic E-state index is 0.0212. The topological polar surface area (TPSA) is 90.1 Å². The van der Waals surface area contributed by atoms with Gasteiger partial charge in [0.05, 0.1) is 7.11 Å². The summed E-state index contributed by atoms with van der Waals surface area (Å²) in [7, 11) is 1.29. The van der Waals surface area contributed by atoms with Gasteiger partial charge in [-0.1, -0.05) is 11.6 Å². The van der Waals surface area contributed by atoms with Crippen LogP contribution in [-0.2, 0) is 9.53 Å². The molecule has 0 aliphatic heterocycles. The molecule has 7 heteroatoms. The second-order valence-electron chi connectivity index (χ2n) is 2.35. The molecule has 0 spiro atoms. The standard InChI is InChI=1S/C7H9ClN4O2/c1-14-4(13)2-10-7-5(8)6(9)11-3-12-7/h3H,2H2,1H3,(H3,9,10,11,12). The molecule has 1 heterocycles. The van der Waals surface area contributed by atoms with E-state index in [9.17, 15) is 4.79 Å². The maximum Gasteiger partial charge on any atom is 0.325 e. The Morgan fingerprint density at radius 3 is 3.07 bits per heavy atom. The van der Waals surface area contributed by atoms with Crippen LogP contribution in [-0.4, -0.2) is 29.6 Å². The van der Waals surface area contributed by atoms with Crippen molar-refractivity contribution in [2.75, 3.05) is 24.7 Å². The lowest BCUT2D eigenvalue weighted by atomic mass is 10.5. The van der Waals surface area contributed by atoms with E-state index in [-0.39, 0.29) is 17.4 Å². The maximum atomic E-state index is 10.8. The summed E-state index contributed by atoms with van der Waals surface area (Å²) in [5, 5.41) is 2.86. The van der Waals surface area contributed by atoms with E-state index in [1.54, 1.807) is 0 Å². The van der Waals surface area contributed by atoms with E-state index in [1.807, 2.05) is 0 Å². The lowest BCUT2D eigenvalue weighted by Gasteiger charge is -2.06. The maximum absolute atomic E-state index is 10.8. The average Bonchev–Trinajstić information content (AvgIpc) is 2.20. The predicted molar refractivity (Wildman–Crippen MR) is 52.0 cm³/mol. The molecule has 1 rings (SSSR count). The van der Waals surface area contributed by atoms with Crippen molar-refractivity contribution in [3.8, 4) is 0 Å². The molecule has 14 heavy (non-hydrogen) atoms. The van der Waals surface area contributed by atoms with Crippen LogP contribution in [0.3, 0.4) is 0 Å². The predicted octanol–water partition coefficient (Wildman–Crippen LogP) is 0.297. The van der Waals surface area contributed by atoms with E-state index in [4.69, 9.17) is 17.3 Å². The molecule has 0 atom stereocenters. The number of hydrogen-bond acceptors (Lipinski definition) is 6. The van der Waals surface area contributed by atoms with Gasteiger partial charge >= 0.3 is 5.97 Å². The number of rotatable bonds is 3. The molecule has 0 aliphatic carbocycles. The number of aromatic nitrogens is 2. The molecule has 0 fully saturated rings. The van der Waals surface area contributed by atoms with Crippen LogP contribution in [0.4, 0.5) is 11.6 Å². The van der Waals surface area contributed by atoms with Crippen LogP contribution in [0.25, 0.3) is 0 Å². The number of esters is 1. The summed E-state index contributed by atoms with van der Waals surface area (Å²) in [5.41, 5.74) is 5.42. The Balaban J connectivity index is 2.68. The monoisotopic (exact) mass is 216 g/mol. The van der Waals surface area contributed by atoms with Crippen molar-refractivity contribution < 1.29 is 9.53 Å². The van der Waals surface area contributed by atoms with Crippen molar-refractivity contribution in [1.82, 2.24) is 9.97 Å². The number of nitrogens with one attached hydrogen (secondary N) is 1. The summed E-state index contributed by atoms with van der Waals surface area (Å²) in [4.78, 5) is 18.2. The van der Waals surface area contributed by atoms with E-state index in [1.165, 1.54) is 13.4 Å². The summed E-state index contributed by atoms with van der Waals surface area (Å²) in [6.07, 6.45) is 1.25. The number of nitrogens with zero attached hydrogens (tertiary/aromatic N) is 2. The lowest BCUT2D eigenvalue weighted by molar-refractivity contribution is -0.138. The number of methoxy groups -OCH3 is 1. The number of halogens is 1. The van der Waals surface area contributed by atoms with Crippen LogP contribution in [0.5, 0.6) is 0 Å². The number of nitrogens with two attached hydrogens (primary N) is 1. The Morgan fingerprint density at radius 2 is 2.43 bits per heavy atom. The summed E-state index contributed by atoms with van der Waals surface area (Å²) in [6, 6.07) is 0. The molecule has 3 N–H and O–H groups in total. The Kier molecular flexibility index (Phi) is 3.47. The average molecular weight is 217 g/mol. The zero-order valence-corrected chi connectivity index (χ0v) is 8.21. The highest BCUT2D eigenvalue weighted by atomic mass is 35.5. The van der Waals surface area contributed by atoms with Crippen LogP contribution >= 0.6 is 11.6 Å². The Hall–Kier alpha value is -1.56. The highest BCUT2D eigenvalue weighted by Gasteiger charge is 2.07. The molecule has 6 nitrogen and oxygen atoms in total. The number of carbonyl (C=O) groups excluding carboxylic acids is 1. The smallest absolute Gasteiger partial charge is 0.325 e. The normalized spacial score (nSPS) is 9.57. The van der Waals surface area contributed by atoms with E-state index in [0.29, 0.717) is 5.82 Å². The fourth-order valence-electron chi connectivity index (χ4n) is 0.735. The summed E-state index contributed by atoms with van der Waals surface area (Å²) < 4.78 is 4.42. The SMILES string of the molecule is COC(=O)CNc1ncnc(N)c1Cl. The van der Waals surface area contributed by atoms with Gasteiger partial charge in [-0.25, -0.2) is 9.97 Å². The van der Waals surface area contributed by atoms with Crippen molar-refractivity contribution in [2.24, 2.45) is 0 Å². The quantitative estimate of drug-likeness (QED) is 0.707. The van der Waals surface area contributed by atoms with E-state index >= 15 is 0 Å². The molecular formula is C7H9ClN4O2. The van der Waals surface area contributed by atoms with Gasteiger partial charge in [0.15, 0.2) is 5.82 Å². The number of nitrogen functional groups attached to an aromatic ring is 1. The highest BCUT2D eigenvalue weighted by Crippen LogP contribution is 2.22. The third-order valence-corrected chi connectivity index (χ3v) is 1.82. The molecule has 0 radical (unpaired) electrons. The van der Waals surface area contributed by atoms with Gasteiger partial charge in [0.1, 0.15) is 23.7 Å². The molecule has 0 aliphatic rings. The Morgan fingerprint density at radius 1 is 1.71 bits per heavy atom. The molecule has 1 aromatic rings. The van der Waals surface area contributed by atoms with Gasteiger partial charge < -0.3 is 15.8 Å². The van der Waals surface area contributed by atoms with Crippen molar-refractivity contribution in [3.05, 3.63) is 11.3 Å². The van der Waals surface area contributed by atoms with Gasteiger partial charge in [0.2, 0.25) is 0 Å². The lowest BCUT2D eigenvalue weighted by Crippen LogP contribution is -2.16. The number of carbonyl (C=O) groups is 1. The third kappa shape index (κ3) is 2.46. The van der Waals surface area contributed by atoms with Gasteiger partial charge in [-0.2, -0.15) is 0 Å². The second kappa shape index (κ2) is 4.61. The first kappa shape index (κ1) is 10.5. The van der Waals surface area contributed by atoms with Gasteiger partial charge in [-0.05, 0) is 0 Å². The molecule has 0 amide bonds. The van der Waals surface area contributed by atoms with Crippen LogP contribution in [0, 0.1) is 0 Å². The van der Waals surface area contributed by atoms with Crippen molar-refractivity contribution in [1.29, 1.82) is 0 Å². The first-order valence-corrected chi connectivity index (χ1v) is 4.09. The van der Waals surface area contributed by atoms with E-state index < -0.39 is 5.97 Å². The fraction of sp³-hybridized carbons (Fsp3) is 0.286. The largest absolute Gasteiger partial charge is 0.468 e.